The summed E-state index contributed by atoms with van der Waals surface area (Å²) >= 11 is 0. The average molecular weight is 731 g/mol. The number of halogens is 1. The van der Waals surface area contributed by atoms with Crippen LogP contribution in [0.3, 0.4) is 0 Å². The lowest BCUT2D eigenvalue weighted by atomic mass is 9.56. The second kappa shape index (κ2) is 15.3. The molecule has 4 aliphatic rings. The number of sulfone groups is 1. The number of esters is 1. The van der Waals surface area contributed by atoms with Gasteiger partial charge in [0.1, 0.15) is 5.82 Å². The maximum absolute atomic E-state index is 15.0. The van der Waals surface area contributed by atoms with Crippen LogP contribution in [0, 0.1) is 29.5 Å². The number of carbonyl (C=O) groups is 2. The van der Waals surface area contributed by atoms with Gasteiger partial charge in [-0.2, -0.15) is 0 Å². The molecule has 2 N–H and O–H groups in total. The predicted molar refractivity (Wildman–Crippen MR) is 198 cm³/mol. The highest BCUT2D eigenvalue weighted by Gasteiger charge is 2.53. The Morgan fingerprint density at radius 1 is 0.865 bits per heavy atom. The summed E-state index contributed by atoms with van der Waals surface area (Å²) in [6.45, 7) is 7.89. The van der Waals surface area contributed by atoms with Gasteiger partial charge in [0.05, 0.1) is 16.9 Å². The van der Waals surface area contributed by atoms with Crippen molar-refractivity contribution in [3.05, 3.63) is 89.7 Å². The van der Waals surface area contributed by atoms with Crippen molar-refractivity contribution in [2.75, 3.05) is 64.4 Å². The number of hydrogen-bond donors (Lipinski definition) is 1. The number of carbonyl (C=O) groups excluding carboxylic acids is 2. The lowest BCUT2D eigenvalue weighted by Gasteiger charge is -2.54. The van der Waals surface area contributed by atoms with E-state index in [-0.39, 0.29) is 38.5 Å². The first-order valence-corrected chi connectivity index (χ1v) is 20.3. The van der Waals surface area contributed by atoms with Crippen molar-refractivity contribution in [1.29, 1.82) is 0 Å². The number of ether oxygens (including phenoxy) is 1. The number of likely N-dealkylation sites (tertiary alicyclic amines) is 2. The fourth-order valence-electron chi connectivity index (χ4n) is 9.72. The van der Waals surface area contributed by atoms with Crippen LogP contribution in [-0.2, 0) is 24.8 Å². The number of nitrogens with two attached hydrogens (primary N) is 1. The SMILES string of the molecule is COC(=O)C[C@H]1CCC[C@@H]1[C@](CN1CCC1)(c1cccc(F)c1)C1CCN(CC2CN(c3ccc(S(=O)(=O)c4cccc(C(N)=O)c4)cc3)C2)CC1. The van der Waals surface area contributed by atoms with E-state index >= 15 is 0 Å². The summed E-state index contributed by atoms with van der Waals surface area (Å²) in [6, 6.07) is 20.1. The number of anilines is 1. The standard InChI is InChI=1S/C41H51FN4O5S/c1-51-39(47)23-30-6-3-11-38(30)41(28-45-18-5-19-45,33-8-4-9-34(42)24-33)32-16-20-44(21-17-32)25-29-26-46(27-29)35-12-14-36(15-13-35)52(49,50)37-10-2-7-31(22-37)40(43)48/h2,4,7-10,12-15,22,24,29-30,32,38H,3,5-6,11,16-21,23,25-28H2,1H3,(H2,43,48)/t30-,38+,41+/m1/s1. The monoisotopic (exact) mass is 730 g/mol. The van der Waals surface area contributed by atoms with Gasteiger partial charge in [-0.15, -0.1) is 0 Å². The van der Waals surface area contributed by atoms with Gasteiger partial charge in [-0.05, 0) is 136 Å². The van der Waals surface area contributed by atoms with E-state index in [9.17, 15) is 22.4 Å². The van der Waals surface area contributed by atoms with Crippen LogP contribution in [0.1, 0.15) is 60.9 Å². The fourth-order valence-corrected chi connectivity index (χ4v) is 11.0. The molecule has 0 radical (unpaired) electrons. The molecule has 3 aliphatic heterocycles. The number of methoxy groups -OCH3 is 1. The minimum absolute atomic E-state index is 0.0438. The summed E-state index contributed by atoms with van der Waals surface area (Å²) in [6.07, 6.45) is 6.86. The third-order valence-corrected chi connectivity index (χ3v) is 14.3. The van der Waals surface area contributed by atoms with Gasteiger partial charge in [0.25, 0.3) is 0 Å². The van der Waals surface area contributed by atoms with E-state index < -0.39 is 15.7 Å². The molecule has 1 aliphatic carbocycles. The largest absolute Gasteiger partial charge is 0.469 e. The van der Waals surface area contributed by atoms with E-state index in [1.54, 1.807) is 24.3 Å². The molecule has 3 aromatic carbocycles. The Morgan fingerprint density at radius 2 is 1.60 bits per heavy atom. The summed E-state index contributed by atoms with van der Waals surface area (Å²) in [5.74, 6) is 0.437. The fraction of sp³-hybridized carbons (Fsp3) is 0.512. The maximum Gasteiger partial charge on any atom is 0.305 e. The minimum Gasteiger partial charge on any atom is -0.469 e. The first-order chi connectivity index (χ1) is 25.1. The average Bonchev–Trinajstić information content (AvgIpc) is 3.58. The molecule has 11 heteroatoms. The molecule has 52 heavy (non-hydrogen) atoms. The maximum atomic E-state index is 15.0. The van der Waals surface area contributed by atoms with Gasteiger partial charge in [0.2, 0.25) is 15.7 Å². The summed E-state index contributed by atoms with van der Waals surface area (Å²) in [5.41, 5.74) is 7.39. The molecular weight excluding hydrogens is 680 g/mol. The highest BCUT2D eigenvalue weighted by atomic mass is 32.2. The van der Waals surface area contributed by atoms with Crippen LogP contribution < -0.4 is 10.6 Å². The number of nitrogens with zero attached hydrogens (tertiary/aromatic N) is 3. The van der Waals surface area contributed by atoms with Crippen LogP contribution in [0.4, 0.5) is 10.1 Å². The summed E-state index contributed by atoms with van der Waals surface area (Å²) < 4.78 is 46.6. The van der Waals surface area contributed by atoms with Crippen LogP contribution in [0.25, 0.3) is 0 Å². The second-order valence-electron chi connectivity index (χ2n) is 15.5. The van der Waals surface area contributed by atoms with Crippen LogP contribution >= 0.6 is 0 Å². The Morgan fingerprint density at radius 3 is 2.25 bits per heavy atom. The Balaban J connectivity index is 1.00. The molecule has 3 saturated heterocycles. The van der Waals surface area contributed by atoms with Crippen molar-refractivity contribution >= 4 is 27.4 Å². The quantitative estimate of drug-likeness (QED) is 0.229. The third-order valence-electron chi connectivity index (χ3n) is 12.5. The number of piperidine rings is 1. The number of benzene rings is 3. The number of hydrogen-bond acceptors (Lipinski definition) is 8. The summed E-state index contributed by atoms with van der Waals surface area (Å²) in [5, 5.41) is 0. The Kier molecular flexibility index (Phi) is 10.7. The Bertz CT molecular complexity index is 1850. The lowest BCUT2D eigenvalue weighted by molar-refractivity contribution is -0.142. The molecule has 278 valence electrons. The highest BCUT2D eigenvalue weighted by molar-refractivity contribution is 7.91. The molecule has 7 rings (SSSR count). The minimum atomic E-state index is -3.79. The first-order valence-electron chi connectivity index (χ1n) is 18.8. The van der Waals surface area contributed by atoms with Crippen molar-refractivity contribution in [3.8, 4) is 0 Å². The zero-order valence-corrected chi connectivity index (χ0v) is 30.9. The van der Waals surface area contributed by atoms with Gasteiger partial charge in [-0.25, -0.2) is 12.8 Å². The van der Waals surface area contributed by atoms with Crippen LogP contribution in [0.15, 0.2) is 82.6 Å². The molecular formula is C41H51FN4O5S. The highest BCUT2D eigenvalue weighted by Crippen LogP contribution is 2.54. The van der Waals surface area contributed by atoms with Gasteiger partial charge in [-0.3, -0.25) is 9.59 Å². The van der Waals surface area contributed by atoms with E-state index in [0.717, 1.165) is 95.7 Å². The molecule has 9 nitrogen and oxygen atoms in total. The Hall–Kier alpha value is -3.80. The summed E-state index contributed by atoms with van der Waals surface area (Å²) in [4.78, 5) is 31.8. The normalized spacial score (nSPS) is 23.1. The molecule has 3 atom stereocenters. The van der Waals surface area contributed by atoms with Gasteiger partial charge in [0, 0.05) is 55.2 Å². The number of rotatable bonds is 13. The number of primary amides is 1. The molecule has 4 fully saturated rings. The van der Waals surface area contributed by atoms with Crippen LogP contribution in [0.5, 0.6) is 0 Å². The Labute approximate surface area is 307 Å². The molecule has 3 heterocycles. The molecule has 0 unspecified atom stereocenters. The number of amides is 1. The second-order valence-corrected chi connectivity index (χ2v) is 17.4. The molecule has 1 saturated carbocycles. The van der Waals surface area contributed by atoms with E-state index in [2.05, 4.69) is 20.8 Å². The molecule has 0 bridgehead atoms. The van der Waals surface area contributed by atoms with Crippen molar-refractivity contribution in [2.45, 2.75) is 60.2 Å². The first kappa shape index (κ1) is 36.6. The van der Waals surface area contributed by atoms with Crippen molar-refractivity contribution in [3.63, 3.8) is 0 Å². The van der Waals surface area contributed by atoms with Gasteiger partial charge < -0.3 is 25.2 Å². The molecule has 0 aromatic heterocycles. The van der Waals surface area contributed by atoms with E-state index in [4.69, 9.17) is 10.5 Å². The van der Waals surface area contributed by atoms with Crippen molar-refractivity contribution in [1.82, 2.24) is 9.80 Å². The molecule has 3 aromatic rings. The topological polar surface area (TPSA) is 113 Å². The lowest BCUT2D eigenvalue weighted by Crippen LogP contribution is -2.58. The summed E-state index contributed by atoms with van der Waals surface area (Å²) in [7, 11) is -2.31. The van der Waals surface area contributed by atoms with E-state index in [1.807, 2.05) is 18.2 Å². The third kappa shape index (κ3) is 7.37. The van der Waals surface area contributed by atoms with E-state index in [0.29, 0.717) is 24.2 Å². The smallest absolute Gasteiger partial charge is 0.305 e. The predicted octanol–water partition coefficient (Wildman–Crippen LogP) is 5.53. The van der Waals surface area contributed by atoms with Crippen LogP contribution in [-0.4, -0.2) is 89.6 Å². The van der Waals surface area contributed by atoms with Gasteiger partial charge in [0.15, 0.2) is 0 Å². The molecule has 0 spiro atoms. The van der Waals surface area contributed by atoms with Gasteiger partial charge >= 0.3 is 5.97 Å². The van der Waals surface area contributed by atoms with Crippen molar-refractivity contribution in [2.24, 2.45) is 29.4 Å². The van der Waals surface area contributed by atoms with Crippen LogP contribution in [0.2, 0.25) is 0 Å². The van der Waals surface area contributed by atoms with Crippen molar-refractivity contribution < 1.29 is 27.1 Å². The van der Waals surface area contributed by atoms with Gasteiger partial charge in [-0.1, -0.05) is 24.6 Å². The van der Waals surface area contributed by atoms with E-state index in [1.165, 1.54) is 37.8 Å². The molecule has 1 amide bonds. The zero-order valence-electron chi connectivity index (χ0n) is 30.1. The zero-order chi connectivity index (χ0) is 36.5.